The van der Waals surface area contributed by atoms with Crippen LogP contribution in [-0.4, -0.2) is 21.6 Å². The topological polar surface area (TPSA) is 52.0 Å². The minimum atomic E-state index is -2.84. The Labute approximate surface area is 102 Å². The number of hydrogen-bond donors (Lipinski definition) is 1. The first kappa shape index (κ1) is 12.3. The molecule has 1 aromatic heterocycles. The largest absolute Gasteiger partial charge is 0.433 e. The van der Waals surface area contributed by atoms with E-state index in [2.05, 4.69) is 20.4 Å². The van der Waals surface area contributed by atoms with Crippen molar-refractivity contribution < 1.29 is 13.5 Å². The average molecular weight is 254 g/mol. The van der Waals surface area contributed by atoms with Gasteiger partial charge in [-0.15, -0.1) is 5.10 Å². The quantitative estimate of drug-likeness (QED) is 0.887. The molecule has 0 unspecified atom stereocenters. The highest BCUT2D eigenvalue weighted by Gasteiger charge is 2.09. The lowest BCUT2D eigenvalue weighted by molar-refractivity contribution is -0.0493. The van der Waals surface area contributed by atoms with Crippen LogP contribution in [0.3, 0.4) is 0 Å². The summed E-state index contributed by atoms with van der Waals surface area (Å²) in [6.07, 6.45) is 1.60. The molecule has 5 nitrogen and oxygen atoms in total. The van der Waals surface area contributed by atoms with Crippen molar-refractivity contribution in [1.82, 2.24) is 15.0 Å². The van der Waals surface area contributed by atoms with Crippen LogP contribution in [0.4, 0.5) is 14.5 Å². The average Bonchev–Trinajstić information content (AvgIpc) is 2.73. The third kappa shape index (κ3) is 2.93. The van der Waals surface area contributed by atoms with Crippen LogP contribution < -0.4 is 10.1 Å². The first-order valence-electron chi connectivity index (χ1n) is 5.28. The van der Waals surface area contributed by atoms with Crippen molar-refractivity contribution in [3.8, 4) is 5.75 Å². The summed E-state index contributed by atoms with van der Waals surface area (Å²) in [7, 11) is 1.76. The number of anilines is 1. The molecule has 2 rings (SSSR count). The number of nitrogens with zero attached hydrogens (tertiary/aromatic N) is 3. The Hall–Kier alpha value is -2.18. The highest BCUT2D eigenvalue weighted by atomic mass is 19.3. The summed E-state index contributed by atoms with van der Waals surface area (Å²) < 4.78 is 30.4. The zero-order chi connectivity index (χ0) is 13.0. The van der Waals surface area contributed by atoms with Crippen molar-refractivity contribution in [2.24, 2.45) is 7.05 Å². The number of rotatable bonds is 5. The van der Waals surface area contributed by atoms with Gasteiger partial charge in [0.1, 0.15) is 5.75 Å². The van der Waals surface area contributed by atoms with E-state index in [4.69, 9.17) is 0 Å². The minimum absolute atomic E-state index is 0.114. The van der Waals surface area contributed by atoms with Crippen molar-refractivity contribution in [3.63, 3.8) is 0 Å². The van der Waals surface area contributed by atoms with Gasteiger partial charge in [-0.3, -0.25) is 4.68 Å². The molecule has 0 amide bonds. The lowest BCUT2D eigenvalue weighted by Gasteiger charge is -2.12. The lowest BCUT2D eigenvalue weighted by Crippen LogP contribution is -2.08. The summed E-state index contributed by atoms with van der Waals surface area (Å²) in [5.74, 6) is 0.114. The van der Waals surface area contributed by atoms with Crippen LogP contribution in [0.15, 0.2) is 30.5 Å². The molecule has 0 saturated carbocycles. The second-order valence-electron chi connectivity index (χ2n) is 3.58. The van der Waals surface area contributed by atoms with Gasteiger partial charge in [-0.1, -0.05) is 17.3 Å². The standard InChI is InChI=1S/C11H12F2N4O/c1-17-8(7-15-16-17)6-14-9-4-2-3-5-10(9)18-11(12)13/h2-5,7,11,14H,6H2,1H3. The molecule has 0 bridgehead atoms. The van der Waals surface area contributed by atoms with E-state index in [1.54, 1.807) is 36.1 Å². The van der Waals surface area contributed by atoms with Gasteiger partial charge in [-0.05, 0) is 12.1 Å². The monoisotopic (exact) mass is 254 g/mol. The van der Waals surface area contributed by atoms with Crippen molar-refractivity contribution in [3.05, 3.63) is 36.2 Å². The number of alkyl halides is 2. The number of aryl methyl sites for hydroxylation is 1. The maximum absolute atomic E-state index is 12.2. The van der Waals surface area contributed by atoms with Gasteiger partial charge in [-0.25, -0.2) is 0 Å². The van der Waals surface area contributed by atoms with Crippen molar-refractivity contribution >= 4 is 5.69 Å². The molecule has 18 heavy (non-hydrogen) atoms. The third-order valence-electron chi connectivity index (χ3n) is 2.37. The Morgan fingerprint density at radius 2 is 2.17 bits per heavy atom. The molecule has 1 N–H and O–H groups in total. The number of para-hydroxylation sites is 2. The molecule has 0 spiro atoms. The van der Waals surface area contributed by atoms with Gasteiger partial charge < -0.3 is 10.1 Å². The van der Waals surface area contributed by atoms with Gasteiger partial charge in [0.25, 0.3) is 0 Å². The smallest absolute Gasteiger partial charge is 0.387 e. The Kier molecular flexibility index (Phi) is 3.71. The Morgan fingerprint density at radius 1 is 1.39 bits per heavy atom. The van der Waals surface area contributed by atoms with Gasteiger partial charge in [0.05, 0.1) is 24.1 Å². The minimum Gasteiger partial charge on any atom is -0.433 e. The predicted octanol–water partition coefficient (Wildman–Crippen LogP) is 2.03. The lowest BCUT2D eigenvalue weighted by atomic mass is 10.3. The van der Waals surface area contributed by atoms with Gasteiger partial charge in [-0.2, -0.15) is 8.78 Å². The van der Waals surface area contributed by atoms with Crippen molar-refractivity contribution in [2.75, 3.05) is 5.32 Å². The Balaban J connectivity index is 2.07. The number of hydrogen-bond acceptors (Lipinski definition) is 4. The number of aromatic nitrogens is 3. The molecule has 0 radical (unpaired) electrons. The van der Waals surface area contributed by atoms with E-state index in [0.717, 1.165) is 5.69 Å². The molecule has 1 heterocycles. The molecule has 0 saturated heterocycles. The van der Waals surface area contributed by atoms with Crippen LogP contribution in [0, 0.1) is 0 Å². The second kappa shape index (κ2) is 5.44. The maximum atomic E-state index is 12.2. The Bertz CT molecular complexity index is 515. The molecule has 1 aromatic carbocycles. The summed E-state index contributed by atoms with van der Waals surface area (Å²) in [4.78, 5) is 0. The van der Waals surface area contributed by atoms with E-state index >= 15 is 0 Å². The van der Waals surface area contributed by atoms with E-state index in [1.807, 2.05) is 0 Å². The summed E-state index contributed by atoms with van der Waals surface area (Å²) in [6, 6.07) is 6.52. The number of ether oxygens (including phenoxy) is 1. The molecule has 0 atom stereocenters. The normalized spacial score (nSPS) is 10.7. The summed E-state index contributed by atoms with van der Waals surface area (Å²) in [5.41, 5.74) is 1.33. The number of halogens is 2. The molecule has 0 aliphatic carbocycles. The van der Waals surface area contributed by atoms with Crippen LogP contribution >= 0.6 is 0 Å². The molecular weight excluding hydrogens is 242 g/mol. The SMILES string of the molecule is Cn1nncc1CNc1ccccc1OC(F)F. The number of benzene rings is 1. The molecule has 0 fully saturated rings. The van der Waals surface area contributed by atoms with Crippen molar-refractivity contribution in [2.45, 2.75) is 13.2 Å². The predicted molar refractivity (Wildman–Crippen MR) is 61.4 cm³/mol. The summed E-state index contributed by atoms with van der Waals surface area (Å²) in [6.45, 7) is -2.42. The van der Waals surface area contributed by atoms with E-state index in [0.29, 0.717) is 12.2 Å². The van der Waals surface area contributed by atoms with Gasteiger partial charge in [0, 0.05) is 7.05 Å². The molecule has 96 valence electrons. The fourth-order valence-electron chi connectivity index (χ4n) is 1.47. The zero-order valence-electron chi connectivity index (χ0n) is 9.68. The fraction of sp³-hybridized carbons (Fsp3) is 0.273. The van der Waals surface area contributed by atoms with Crippen LogP contribution in [0.1, 0.15) is 5.69 Å². The van der Waals surface area contributed by atoms with Gasteiger partial charge >= 0.3 is 6.61 Å². The van der Waals surface area contributed by atoms with Gasteiger partial charge in [0.2, 0.25) is 0 Å². The molecule has 0 aliphatic heterocycles. The van der Waals surface area contributed by atoms with Gasteiger partial charge in [0.15, 0.2) is 0 Å². The fourth-order valence-corrected chi connectivity index (χ4v) is 1.47. The zero-order valence-corrected chi connectivity index (χ0v) is 9.68. The first-order chi connectivity index (χ1) is 8.66. The second-order valence-corrected chi connectivity index (χ2v) is 3.58. The third-order valence-corrected chi connectivity index (χ3v) is 2.37. The van der Waals surface area contributed by atoms with Crippen molar-refractivity contribution in [1.29, 1.82) is 0 Å². The molecule has 7 heteroatoms. The molecular formula is C11H12F2N4O. The molecule has 0 aliphatic rings. The summed E-state index contributed by atoms with van der Waals surface area (Å²) in [5, 5.41) is 10.5. The highest BCUT2D eigenvalue weighted by molar-refractivity contribution is 5.56. The van der Waals surface area contributed by atoms with E-state index < -0.39 is 6.61 Å². The highest BCUT2D eigenvalue weighted by Crippen LogP contribution is 2.25. The summed E-state index contributed by atoms with van der Waals surface area (Å²) >= 11 is 0. The van der Waals surface area contributed by atoms with Crippen LogP contribution in [0.2, 0.25) is 0 Å². The Morgan fingerprint density at radius 3 is 2.83 bits per heavy atom. The number of nitrogens with one attached hydrogen (secondary N) is 1. The van der Waals surface area contributed by atoms with E-state index in [9.17, 15) is 8.78 Å². The van der Waals surface area contributed by atoms with Crippen LogP contribution in [0.25, 0.3) is 0 Å². The molecule has 2 aromatic rings. The van der Waals surface area contributed by atoms with E-state index in [-0.39, 0.29) is 5.75 Å². The van der Waals surface area contributed by atoms with Crippen LogP contribution in [0.5, 0.6) is 5.75 Å². The first-order valence-corrected chi connectivity index (χ1v) is 5.28. The van der Waals surface area contributed by atoms with Crippen LogP contribution in [-0.2, 0) is 13.6 Å². The maximum Gasteiger partial charge on any atom is 0.387 e. The van der Waals surface area contributed by atoms with E-state index in [1.165, 1.54) is 6.07 Å².